The minimum atomic E-state index is -0.663. The molecule has 0 amide bonds. The highest BCUT2D eigenvalue weighted by atomic mass is 16.6. The molecule has 0 radical (unpaired) electrons. The molecule has 0 spiro atoms. The van der Waals surface area contributed by atoms with E-state index in [9.17, 15) is 14.4 Å². The highest BCUT2D eigenvalue weighted by Crippen LogP contribution is 2.36. The molecule has 0 saturated carbocycles. The first-order valence-electron chi connectivity index (χ1n) is 11.7. The molecule has 6 nitrogen and oxygen atoms in total. The van der Waals surface area contributed by atoms with Gasteiger partial charge < -0.3 is 14.2 Å². The summed E-state index contributed by atoms with van der Waals surface area (Å²) in [5.41, 5.74) is 1.73. The van der Waals surface area contributed by atoms with Crippen LogP contribution in [0, 0.1) is 0 Å². The lowest BCUT2D eigenvalue weighted by atomic mass is 9.92. The molecule has 4 aromatic carbocycles. The maximum Gasteiger partial charge on any atom is 0.330 e. The van der Waals surface area contributed by atoms with E-state index in [1.807, 2.05) is 84.9 Å². The van der Waals surface area contributed by atoms with E-state index in [1.165, 1.54) is 0 Å². The van der Waals surface area contributed by atoms with E-state index >= 15 is 0 Å². The Morgan fingerprint density at radius 3 is 1.75 bits per heavy atom. The van der Waals surface area contributed by atoms with E-state index in [0.717, 1.165) is 38.7 Å². The lowest BCUT2D eigenvalue weighted by Gasteiger charge is -2.22. The summed E-state index contributed by atoms with van der Waals surface area (Å²) in [6, 6.07) is 27.7. The van der Waals surface area contributed by atoms with E-state index in [2.05, 4.69) is 6.58 Å². The first-order chi connectivity index (χ1) is 17.6. The number of carbonyl (C=O) groups is 3. The van der Waals surface area contributed by atoms with Crippen molar-refractivity contribution in [1.29, 1.82) is 0 Å². The van der Waals surface area contributed by atoms with E-state index in [4.69, 9.17) is 14.2 Å². The number of rotatable bonds is 10. The summed E-state index contributed by atoms with van der Waals surface area (Å²) in [4.78, 5) is 36.0. The van der Waals surface area contributed by atoms with Crippen LogP contribution in [0.25, 0.3) is 21.5 Å². The van der Waals surface area contributed by atoms with Crippen molar-refractivity contribution >= 4 is 39.5 Å². The zero-order valence-electron chi connectivity index (χ0n) is 19.7. The van der Waals surface area contributed by atoms with E-state index in [0.29, 0.717) is 0 Å². The van der Waals surface area contributed by atoms with Crippen LogP contribution in [0.15, 0.2) is 97.6 Å². The minimum Gasteiger partial charge on any atom is -0.462 e. The van der Waals surface area contributed by atoms with Gasteiger partial charge in [-0.15, -0.1) is 0 Å². The Morgan fingerprint density at radius 1 is 0.667 bits per heavy atom. The second-order valence-corrected chi connectivity index (χ2v) is 8.10. The average Bonchev–Trinajstić information content (AvgIpc) is 2.92. The lowest BCUT2D eigenvalue weighted by Crippen LogP contribution is -2.17. The van der Waals surface area contributed by atoms with Gasteiger partial charge in [0.2, 0.25) is 0 Å². The molecule has 182 valence electrons. The maximum atomic E-state index is 12.9. The van der Waals surface area contributed by atoms with E-state index in [1.54, 1.807) is 0 Å². The van der Waals surface area contributed by atoms with Crippen LogP contribution in [0.5, 0.6) is 0 Å². The van der Waals surface area contributed by atoms with Crippen molar-refractivity contribution in [3.63, 3.8) is 0 Å². The third-order valence-electron chi connectivity index (χ3n) is 5.75. The number of carbonyl (C=O) groups excluding carboxylic acids is 3. The van der Waals surface area contributed by atoms with Gasteiger partial charge in [-0.1, -0.05) is 91.5 Å². The number of esters is 3. The van der Waals surface area contributed by atoms with Gasteiger partial charge >= 0.3 is 17.9 Å². The zero-order valence-corrected chi connectivity index (χ0v) is 19.7. The predicted octanol–water partition coefficient (Wildman–Crippen LogP) is 5.68. The Labute approximate surface area is 209 Å². The lowest BCUT2D eigenvalue weighted by molar-refractivity contribution is -0.154. The molecule has 0 aliphatic carbocycles. The third kappa shape index (κ3) is 5.96. The maximum absolute atomic E-state index is 12.9. The largest absolute Gasteiger partial charge is 0.462 e. The fourth-order valence-electron chi connectivity index (χ4n) is 4.08. The highest BCUT2D eigenvalue weighted by Gasteiger charge is 2.23. The fourth-order valence-corrected chi connectivity index (χ4v) is 4.08. The SMILES string of the molecule is C=CC(=O)OCCOC(=O)CCC(=O)OC(c1cccc2ccccc12)c1cccc2ccccc12. The Balaban J connectivity index is 1.53. The van der Waals surface area contributed by atoms with Gasteiger partial charge in [0, 0.05) is 17.2 Å². The number of hydrogen-bond acceptors (Lipinski definition) is 6. The fraction of sp³-hybridized carbons (Fsp3) is 0.167. The third-order valence-corrected chi connectivity index (χ3v) is 5.75. The first-order valence-corrected chi connectivity index (χ1v) is 11.7. The van der Waals surface area contributed by atoms with Crippen molar-refractivity contribution in [3.05, 3.63) is 109 Å². The van der Waals surface area contributed by atoms with Gasteiger partial charge in [0.25, 0.3) is 0 Å². The molecule has 0 aromatic heterocycles. The second-order valence-electron chi connectivity index (χ2n) is 8.10. The van der Waals surface area contributed by atoms with Crippen LogP contribution >= 0.6 is 0 Å². The van der Waals surface area contributed by atoms with E-state index in [-0.39, 0.29) is 26.1 Å². The van der Waals surface area contributed by atoms with Crippen LogP contribution in [-0.4, -0.2) is 31.1 Å². The van der Waals surface area contributed by atoms with Gasteiger partial charge in [-0.25, -0.2) is 4.79 Å². The summed E-state index contributed by atoms with van der Waals surface area (Å²) < 4.78 is 15.8. The van der Waals surface area contributed by atoms with Gasteiger partial charge in [0.1, 0.15) is 13.2 Å². The zero-order chi connectivity index (χ0) is 25.3. The molecule has 0 atom stereocenters. The summed E-state index contributed by atoms with van der Waals surface area (Å²) in [7, 11) is 0. The molecular formula is C30H26O6. The van der Waals surface area contributed by atoms with Gasteiger partial charge in [0.15, 0.2) is 6.10 Å². The van der Waals surface area contributed by atoms with Gasteiger partial charge in [-0.05, 0) is 21.5 Å². The number of hydrogen-bond donors (Lipinski definition) is 0. The smallest absolute Gasteiger partial charge is 0.330 e. The molecule has 4 rings (SSSR count). The molecule has 0 N–H and O–H groups in total. The van der Waals surface area contributed by atoms with Crippen molar-refractivity contribution in [3.8, 4) is 0 Å². The van der Waals surface area contributed by atoms with Gasteiger partial charge in [-0.2, -0.15) is 0 Å². The Kier molecular flexibility index (Phi) is 8.08. The number of benzene rings is 4. The first kappa shape index (κ1) is 24.7. The molecule has 0 aliphatic rings. The van der Waals surface area contributed by atoms with Gasteiger partial charge in [0.05, 0.1) is 12.8 Å². The molecule has 0 unspecified atom stereocenters. The van der Waals surface area contributed by atoms with Crippen molar-refractivity contribution in [2.24, 2.45) is 0 Å². The summed E-state index contributed by atoms with van der Waals surface area (Å²) in [5, 5.41) is 4.05. The Hall–Kier alpha value is -4.45. The molecule has 4 aromatic rings. The molecule has 0 fully saturated rings. The van der Waals surface area contributed by atoms with E-state index < -0.39 is 24.0 Å². The van der Waals surface area contributed by atoms with Crippen LogP contribution in [0.2, 0.25) is 0 Å². The van der Waals surface area contributed by atoms with Gasteiger partial charge in [-0.3, -0.25) is 9.59 Å². The molecule has 0 heterocycles. The van der Waals surface area contributed by atoms with Crippen LogP contribution in [0.1, 0.15) is 30.1 Å². The van der Waals surface area contributed by atoms with Crippen molar-refractivity contribution in [2.75, 3.05) is 13.2 Å². The normalized spacial score (nSPS) is 10.8. The monoisotopic (exact) mass is 482 g/mol. The number of ether oxygens (including phenoxy) is 3. The topological polar surface area (TPSA) is 78.9 Å². The summed E-state index contributed by atoms with van der Waals surface area (Å²) in [6.07, 6.45) is 0.0766. The van der Waals surface area contributed by atoms with Crippen LogP contribution < -0.4 is 0 Å². The van der Waals surface area contributed by atoms with Crippen LogP contribution in [-0.2, 0) is 28.6 Å². The predicted molar refractivity (Wildman–Crippen MR) is 137 cm³/mol. The summed E-state index contributed by atoms with van der Waals surface area (Å²) in [5.74, 6) is -1.69. The summed E-state index contributed by atoms with van der Waals surface area (Å²) >= 11 is 0. The Morgan fingerprint density at radius 2 is 1.17 bits per heavy atom. The molecule has 36 heavy (non-hydrogen) atoms. The average molecular weight is 483 g/mol. The molecule has 0 aliphatic heterocycles. The van der Waals surface area contributed by atoms with Crippen molar-refractivity contribution in [2.45, 2.75) is 18.9 Å². The molecule has 0 bridgehead atoms. The van der Waals surface area contributed by atoms with Crippen LogP contribution in [0.3, 0.4) is 0 Å². The van der Waals surface area contributed by atoms with Crippen LogP contribution in [0.4, 0.5) is 0 Å². The standard InChI is InChI=1S/C30H26O6/c1-2-27(31)34-19-20-35-28(32)17-18-29(33)36-30(25-15-7-11-21-9-3-5-13-23(21)25)26-16-8-12-22-10-4-6-14-24(22)26/h2-16,30H,1,17-20H2. The number of fused-ring (bicyclic) bond motifs is 2. The molecule has 6 heteroatoms. The molecular weight excluding hydrogens is 456 g/mol. The second kappa shape index (κ2) is 11.8. The van der Waals surface area contributed by atoms with Crippen molar-refractivity contribution in [1.82, 2.24) is 0 Å². The highest BCUT2D eigenvalue weighted by molar-refractivity contribution is 5.90. The molecule has 0 saturated heterocycles. The van der Waals surface area contributed by atoms with Crippen molar-refractivity contribution < 1.29 is 28.6 Å². The summed E-state index contributed by atoms with van der Waals surface area (Å²) in [6.45, 7) is 3.12. The minimum absolute atomic E-state index is 0.0781. The Bertz CT molecular complexity index is 1320. The quantitative estimate of drug-likeness (QED) is 0.125.